The molecule has 0 aliphatic carbocycles. The zero-order chi connectivity index (χ0) is 17.6. The van der Waals surface area contributed by atoms with E-state index in [4.69, 9.17) is 16.9 Å². The van der Waals surface area contributed by atoms with E-state index in [0.717, 1.165) is 11.1 Å². The lowest BCUT2D eigenvalue weighted by Crippen LogP contribution is -2.29. The summed E-state index contributed by atoms with van der Waals surface area (Å²) in [6.45, 7) is 0. The molecule has 1 unspecified atom stereocenters. The third-order valence-electron chi connectivity index (χ3n) is 3.87. The van der Waals surface area contributed by atoms with Crippen molar-refractivity contribution >= 4 is 17.5 Å². The summed E-state index contributed by atoms with van der Waals surface area (Å²) in [5.74, 6) is -0.235. The lowest BCUT2D eigenvalue weighted by molar-refractivity contribution is 0.0943. The third-order valence-corrected chi connectivity index (χ3v) is 4.12. The van der Waals surface area contributed by atoms with Crippen LogP contribution in [0.15, 0.2) is 78.9 Å². The summed E-state index contributed by atoms with van der Waals surface area (Å²) >= 11 is 5.98. The maximum atomic E-state index is 12.7. The maximum absolute atomic E-state index is 12.7. The van der Waals surface area contributed by atoms with Crippen LogP contribution in [-0.2, 0) is 0 Å². The Labute approximate surface area is 151 Å². The average Bonchev–Trinajstić information content (AvgIpc) is 2.67. The number of hydrogen-bond donors (Lipinski definition) is 1. The number of halogens is 1. The van der Waals surface area contributed by atoms with Gasteiger partial charge in [0.25, 0.3) is 5.91 Å². The van der Waals surface area contributed by atoms with Crippen LogP contribution >= 0.6 is 11.6 Å². The minimum absolute atomic E-state index is 0.235. The summed E-state index contributed by atoms with van der Waals surface area (Å²) in [7, 11) is 0. The van der Waals surface area contributed by atoms with E-state index in [2.05, 4.69) is 11.4 Å². The van der Waals surface area contributed by atoms with Crippen molar-refractivity contribution in [3.8, 4) is 6.07 Å². The molecule has 1 N–H and O–H groups in total. The summed E-state index contributed by atoms with van der Waals surface area (Å²) in [6.07, 6.45) is 0. The number of nitriles is 1. The van der Waals surface area contributed by atoms with Gasteiger partial charge in [0, 0.05) is 10.6 Å². The largest absolute Gasteiger partial charge is 0.341 e. The van der Waals surface area contributed by atoms with Crippen molar-refractivity contribution in [1.29, 1.82) is 5.26 Å². The summed E-state index contributed by atoms with van der Waals surface area (Å²) < 4.78 is 0. The van der Waals surface area contributed by atoms with E-state index in [9.17, 15) is 4.79 Å². The monoisotopic (exact) mass is 346 g/mol. The minimum Gasteiger partial charge on any atom is -0.341 e. The molecule has 3 nitrogen and oxygen atoms in total. The predicted octanol–water partition coefficient (Wildman–Crippen LogP) is 4.73. The molecular formula is C21H15ClN2O. The number of carbonyl (C=O) groups excluding carboxylic acids is 1. The fourth-order valence-corrected chi connectivity index (χ4v) is 2.73. The molecule has 0 bridgehead atoms. The highest BCUT2D eigenvalue weighted by Gasteiger charge is 2.18. The van der Waals surface area contributed by atoms with Gasteiger partial charge in [-0.25, -0.2) is 0 Å². The quantitative estimate of drug-likeness (QED) is 0.742. The first-order valence-electron chi connectivity index (χ1n) is 7.79. The Morgan fingerprint density at radius 3 is 2.28 bits per heavy atom. The second-order valence-electron chi connectivity index (χ2n) is 5.56. The van der Waals surface area contributed by atoms with Crippen LogP contribution in [0, 0.1) is 11.3 Å². The topological polar surface area (TPSA) is 52.9 Å². The van der Waals surface area contributed by atoms with Crippen molar-refractivity contribution in [1.82, 2.24) is 5.32 Å². The molecule has 25 heavy (non-hydrogen) atoms. The second-order valence-corrected chi connectivity index (χ2v) is 6.00. The number of hydrogen-bond acceptors (Lipinski definition) is 2. The van der Waals surface area contributed by atoms with Crippen LogP contribution in [-0.4, -0.2) is 5.91 Å². The predicted molar refractivity (Wildman–Crippen MR) is 98.4 cm³/mol. The summed E-state index contributed by atoms with van der Waals surface area (Å²) in [5.41, 5.74) is 2.80. The highest BCUT2D eigenvalue weighted by Crippen LogP contribution is 2.24. The van der Waals surface area contributed by atoms with E-state index >= 15 is 0 Å². The van der Waals surface area contributed by atoms with Gasteiger partial charge in [-0.2, -0.15) is 5.26 Å². The van der Waals surface area contributed by atoms with Gasteiger partial charge in [0.05, 0.1) is 17.7 Å². The van der Waals surface area contributed by atoms with Gasteiger partial charge in [0.2, 0.25) is 0 Å². The Balaban J connectivity index is 1.93. The first-order chi connectivity index (χ1) is 12.2. The lowest BCUT2D eigenvalue weighted by atomic mass is 9.98. The van der Waals surface area contributed by atoms with Gasteiger partial charge in [0.1, 0.15) is 0 Å². The molecule has 0 spiro atoms. The van der Waals surface area contributed by atoms with E-state index in [-0.39, 0.29) is 11.9 Å². The van der Waals surface area contributed by atoms with Crippen LogP contribution in [0.5, 0.6) is 0 Å². The molecule has 0 heterocycles. The zero-order valence-electron chi connectivity index (χ0n) is 13.3. The van der Waals surface area contributed by atoms with E-state index in [1.165, 1.54) is 0 Å². The van der Waals surface area contributed by atoms with Crippen molar-refractivity contribution < 1.29 is 4.79 Å². The van der Waals surface area contributed by atoms with Crippen LogP contribution in [0.1, 0.15) is 33.1 Å². The molecule has 1 amide bonds. The summed E-state index contributed by atoms with van der Waals surface area (Å²) in [6, 6.07) is 25.5. The average molecular weight is 347 g/mol. The molecule has 0 aliphatic rings. The van der Waals surface area contributed by atoms with Gasteiger partial charge < -0.3 is 5.32 Å². The molecule has 0 saturated carbocycles. The molecule has 0 radical (unpaired) electrons. The zero-order valence-corrected chi connectivity index (χ0v) is 14.1. The maximum Gasteiger partial charge on any atom is 0.252 e. The van der Waals surface area contributed by atoms with E-state index in [0.29, 0.717) is 16.1 Å². The summed E-state index contributed by atoms with van der Waals surface area (Å²) in [5, 5.41) is 12.7. The fourth-order valence-electron chi connectivity index (χ4n) is 2.60. The molecular weight excluding hydrogens is 332 g/mol. The van der Waals surface area contributed by atoms with Crippen LogP contribution in [0.25, 0.3) is 0 Å². The molecule has 0 saturated heterocycles. The molecule has 0 fully saturated rings. The van der Waals surface area contributed by atoms with Crippen molar-refractivity contribution in [2.45, 2.75) is 6.04 Å². The molecule has 3 aromatic rings. The standard InChI is InChI=1S/C21H15ClN2O/c22-19-11-9-17(10-12-19)20(16-6-2-1-3-7-16)24-21(25)18-8-4-5-15(13-18)14-23/h1-13,20H,(H,24,25). The Morgan fingerprint density at radius 2 is 1.60 bits per heavy atom. The van der Waals surface area contributed by atoms with Gasteiger partial charge in [-0.3, -0.25) is 4.79 Å². The summed E-state index contributed by atoms with van der Waals surface area (Å²) in [4.78, 5) is 12.7. The van der Waals surface area contributed by atoms with Crippen LogP contribution in [0.4, 0.5) is 0 Å². The normalized spacial score (nSPS) is 11.4. The van der Waals surface area contributed by atoms with Crippen LogP contribution < -0.4 is 5.32 Å². The Kier molecular flexibility index (Phi) is 5.13. The Bertz CT molecular complexity index is 915. The number of rotatable bonds is 4. The number of amides is 1. The first-order valence-corrected chi connectivity index (χ1v) is 8.16. The molecule has 0 aliphatic heterocycles. The molecule has 122 valence electrons. The van der Waals surface area contributed by atoms with Gasteiger partial charge in [-0.05, 0) is 41.5 Å². The van der Waals surface area contributed by atoms with E-state index in [1.54, 1.807) is 36.4 Å². The third kappa shape index (κ3) is 4.06. The van der Waals surface area contributed by atoms with Crippen LogP contribution in [0.2, 0.25) is 5.02 Å². The molecule has 3 aromatic carbocycles. The van der Waals surface area contributed by atoms with Crippen molar-refractivity contribution in [2.75, 3.05) is 0 Å². The Hall–Kier alpha value is -3.09. The van der Waals surface area contributed by atoms with Crippen molar-refractivity contribution in [3.05, 3.63) is 106 Å². The molecule has 0 aromatic heterocycles. The molecule has 3 rings (SSSR count). The van der Waals surface area contributed by atoms with Crippen LogP contribution in [0.3, 0.4) is 0 Å². The Morgan fingerprint density at radius 1 is 0.920 bits per heavy atom. The van der Waals surface area contributed by atoms with Crippen molar-refractivity contribution in [3.63, 3.8) is 0 Å². The SMILES string of the molecule is N#Cc1cccc(C(=O)NC(c2ccccc2)c2ccc(Cl)cc2)c1. The lowest BCUT2D eigenvalue weighted by Gasteiger charge is -2.20. The highest BCUT2D eigenvalue weighted by molar-refractivity contribution is 6.30. The fraction of sp³-hybridized carbons (Fsp3) is 0.0476. The van der Waals surface area contributed by atoms with Gasteiger partial charge >= 0.3 is 0 Å². The number of nitrogens with zero attached hydrogens (tertiary/aromatic N) is 1. The minimum atomic E-state index is -0.309. The van der Waals surface area contributed by atoms with E-state index in [1.807, 2.05) is 42.5 Å². The second kappa shape index (κ2) is 7.65. The first kappa shape index (κ1) is 16.8. The number of benzene rings is 3. The van der Waals surface area contributed by atoms with Crippen molar-refractivity contribution in [2.24, 2.45) is 0 Å². The molecule has 4 heteroatoms. The highest BCUT2D eigenvalue weighted by atomic mass is 35.5. The number of carbonyl (C=O) groups is 1. The van der Waals surface area contributed by atoms with Gasteiger partial charge in [-0.15, -0.1) is 0 Å². The van der Waals surface area contributed by atoms with E-state index < -0.39 is 0 Å². The van der Waals surface area contributed by atoms with Gasteiger partial charge in [-0.1, -0.05) is 60.1 Å². The van der Waals surface area contributed by atoms with Gasteiger partial charge in [0.15, 0.2) is 0 Å². The smallest absolute Gasteiger partial charge is 0.252 e. The molecule has 1 atom stereocenters. The number of nitrogens with one attached hydrogen (secondary N) is 1.